The zero-order chi connectivity index (χ0) is 20.0. The SMILES string of the molecule is CC(=O)c1nn(CC(C)(C)C)c2c(C(C)(C)C)cc(NC3CCCC3)cc12. The Labute approximate surface area is 163 Å². The van der Waals surface area contributed by atoms with E-state index in [1.807, 2.05) is 0 Å². The average Bonchev–Trinajstić information content (AvgIpc) is 3.12. The Hall–Kier alpha value is -1.84. The number of fused-ring (bicyclic) bond motifs is 1. The predicted octanol–water partition coefficient (Wildman–Crippen LogP) is 5.94. The van der Waals surface area contributed by atoms with Crippen LogP contribution in [0.25, 0.3) is 10.9 Å². The van der Waals surface area contributed by atoms with Crippen LogP contribution in [0, 0.1) is 5.41 Å². The van der Waals surface area contributed by atoms with Crippen molar-refractivity contribution < 1.29 is 4.79 Å². The number of benzene rings is 1. The summed E-state index contributed by atoms with van der Waals surface area (Å²) in [6.45, 7) is 15.8. The largest absolute Gasteiger partial charge is 0.382 e. The molecule has 148 valence electrons. The molecule has 1 heterocycles. The second-order valence-electron chi connectivity index (χ2n) is 10.4. The lowest BCUT2D eigenvalue weighted by Crippen LogP contribution is -2.20. The number of carbonyl (C=O) groups is 1. The number of hydrogen-bond donors (Lipinski definition) is 1. The number of nitrogens with zero attached hydrogens (tertiary/aromatic N) is 2. The van der Waals surface area contributed by atoms with Gasteiger partial charge in [0.15, 0.2) is 5.78 Å². The van der Waals surface area contributed by atoms with Crippen LogP contribution in [0.3, 0.4) is 0 Å². The lowest BCUT2D eigenvalue weighted by Gasteiger charge is -2.25. The third kappa shape index (κ3) is 4.36. The van der Waals surface area contributed by atoms with Crippen LogP contribution >= 0.6 is 0 Å². The maximum absolute atomic E-state index is 12.4. The van der Waals surface area contributed by atoms with Gasteiger partial charge in [0.2, 0.25) is 0 Å². The van der Waals surface area contributed by atoms with Gasteiger partial charge in [-0.3, -0.25) is 9.48 Å². The van der Waals surface area contributed by atoms with Crippen LogP contribution in [-0.4, -0.2) is 21.6 Å². The van der Waals surface area contributed by atoms with Crippen molar-refractivity contribution in [1.82, 2.24) is 9.78 Å². The summed E-state index contributed by atoms with van der Waals surface area (Å²) in [5, 5.41) is 9.47. The summed E-state index contributed by atoms with van der Waals surface area (Å²) >= 11 is 0. The number of Topliss-reactive ketones (excluding diaryl/α,β-unsaturated/α-hetero) is 1. The van der Waals surface area contributed by atoms with E-state index in [1.165, 1.54) is 31.2 Å². The fourth-order valence-corrected chi connectivity index (χ4v) is 4.10. The Morgan fingerprint density at radius 1 is 1.15 bits per heavy atom. The molecular weight excluding hydrogens is 334 g/mol. The number of rotatable bonds is 4. The molecule has 3 rings (SSSR count). The van der Waals surface area contributed by atoms with E-state index in [1.54, 1.807) is 6.92 Å². The minimum absolute atomic E-state index is 0.0324. The highest BCUT2D eigenvalue weighted by molar-refractivity contribution is 6.06. The Kier molecular flexibility index (Phi) is 5.13. The molecule has 1 saturated carbocycles. The maximum Gasteiger partial charge on any atom is 0.180 e. The first kappa shape index (κ1) is 19.9. The number of nitrogens with one attached hydrogen (secondary N) is 1. The molecule has 0 saturated heterocycles. The smallest absolute Gasteiger partial charge is 0.180 e. The Morgan fingerprint density at radius 2 is 1.78 bits per heavy atom. The van der Waals surface area contributed by atoms with E-state index in [4.69, 9.17) is 5.10 Å². The van der Waals surface area contributed by atoms with Gasteiger partial charge in [-0.1, -0.05) is 54.4 Å². The Morgan fingerprint density at radius 3 is 2.30 bits per heavy atom. The zero-order valence-corrected chi connectivity index (χ0v) is 18.1. The van der Waals surface area contributed by atoms with Crippen molar-refractivity contribution in [1.29, 1.82) is 0 Å². The van der Waals surface area contributed by atoms with E-state index in [-0.39, 0.29) is 16.6 Å². The predicted molar refractivity (Wildman–Crippen MR) is 114 cm³/mol. The summed E-state index contributed by atoms with van der Waals surface area (Å²) in [7, 11) is 0. The van der Waals surface area contributed by atoms with Gasteiger partial charge in [-0.2, -0.15) is 5.10 Å². The molecular formula is C23H35N3O. The number of ketones is 1. The van der Waals surface area contributed by atoms with Gasteiger partial charge in [0.05, 0.1) is 5.52 Å². The third-order valence-corrected chi connectivity index (χ3v) is 5.34. The van der Waals surface area contributed by atoms with E-state index in [2.05, 4.69) is 63.7 Å². The second kappa shape index (κ2) is 6.96. The molecule has 4 nitrogen and oxygen atoms in total. The van der Waals surface area contributed by atoms with Crippen LogP contribution < -0.4 is 5.32 Å². The lowest BCUT2D eigenvalue weighted by atomic mass is 9.84. The van der Waals surface area contributed by atoms with Crippen molar-refractivity contribution in [2.75, 3.05) is 5.32 Å². The van der Waals surface area contributed by atoms with E-state index in [0.29, 0.717) is 11.7 Å². The second-order valence-corrected chi connectivity index (χ2v) is 10.4. The van der Waals surface area contributed by atoms with Gasteiger partial charge in [0.25, 0.3) is 0 Å². The first-order valence-electron chi connectivity index (χ1n) is 10.3. The molecule has 0 amide bonds. The molecule has 27 heavy (non-hydrogen) atoms. The molecule has 0 aliphatic heterocycles. The summed E-state index contributed by atoms with van der Waals surface area (Å²) in [5.41, 5.74) is 4.13. The normalized spacial score (nSPS) is 16.3. The van der Waals surface area contributed by atoms with Crippen molar-refractivity contribution in [3.05, 3.63) is 23.4 Å². The van der Waals surface area contributed by atoms with Gasteiger partial charge in [0, 0.05) is 30.6 Å². The number of carbonyl (C=O) groups excluding carboxylic acids is 1. The highest BCUT2D eigenvalue weighted by Crippen LogP contribution is 2.36. The van der Waals surface area contributed by atoms with Crippen LogP contribution in [-0.2, 0) is 12.0 Å². The molecule has 0 atom stereocenters. The van der Waals surface area contributed by atoms with Gasteiger partial charge in [-0.15, -0.1) is 0 Å². The lowest BCUT2D eigenvalue weighted by molar-refractivity contribution is 0.101. The van der Waals surface area contributed by atoms with Gasteiger partial charge >= 0.3 is 0 Å². The first-order chi connectivity index (χ1) is 12.5. The average molecular weight is 370 g/mol. The number of anilines is 1. The monoisotopic (exact) mass is 369 g/mol. The maximum atomic E-state index is 12.4. The van der Waals surface area contributed by atoms with E-state index in [0.717, 1.165) is 23.1 Å². The zero-order valence-electron chi connectivity index (χ0n) is 18.1. The summed E-state index contributed by atoms with van der Waals surface area (Å²) < 4.78 is 2.06. The first-order valence-corrected chi connectivity index (χ1v) is 10.3. The molecule has 1 aromatic heterocycles. The molecule has 1 aromatic carbocycles. The third-order valence-electron chi connectivity index (χ3n) is 5.34. The molecule has 2 aromatic rings. The Balaban J connectivity index is 2.22. The molecule has 1 fully saturated rings. The van der Waals surface area contributed by atoms with Crippen molar-refractivity contribution >= 4 is 22.4 Å². The van der Waals surface area contributed by atoms with E-state index < -0.39 is 0 Å². The van der Waals surface area contributed by atoms with Gasteiger partial charge in [0.1, 0.15) is 5.69 Å². The number of aromatic nitrogens is 2. The van der Waals surface area contributed by atoms with E-state index in [9.17, 15) is 4.79 Å². The standard InChI is InChI=1S/C23H35N3O/c1-15(27)20-18-12-17(24-16-10-8-9-11-16)13-19(23(5,6)7)21(18)26(25-20)14-22(2,3)4/h12-13,16,24H,8-11,14H2,1-7H3. The van der Waals surface area contributed by atoms with Gasteiger partial charge in [-0.25, -0.2) is 0 Å². The summed E-state index contributed by atoms with van der Waals surface area (Å²) in [5.74, 6) is 0.0329. The van der Waals surface area contributed by atoms with Crippen molar-refractivity contribution in [3.63, 3.8) is 0 Å². The highest BCUT2D eigenvalue weighted by Gasteiger charge is 2.27. The molecule has 1 aliphatic rings. The van der Waals surface area contributed by atoms with Gasteiger partial charge in [-0.05, 0) is 41.4 Å². The van der Waals surface area contributed by atoms with Gasteiger partial charge < -0.3 is 5.32 Å². The molecule has 4 heteroatoms. The van der Waals surface area contributed by atoms with Crippen LogP contribution in [0.1, 0.15) is 90.2 Å². The molecule has 0 unspecified atom stereocenters. The van der Waals surface area contributed by atoms with Crippen LogP contribution in [0.4, 0.5) is 5.69 Å². The van der Waals surface area contributed by atoms with Crippen LogP contribution in [0.5, 0.6) is 0 Å². The molecule has 0 bridgehead atoms. The van der Waals surface area contributed by atoms with E-state index >= 15 is 0 Å². The van der Waals surface area contributed by atoms with Crippen LogP contribution in [0.2, 0.25) is 0 Å². The quantitative estimate of drug-likeness (QED) is 0.679. The highest BCUT2D eigenvalue weighted by atomic mass is 16.1. The Bertz CT molecular complexity index is 843. The van der Waals surface area contributed by atoms with Crippen molar-refractivity contribution in [3.8, 4) is 0 Å². The number of hydrogen-bond acceptors (Lipinski definition) is 3. The molecule has 1 aliphatic carbocycles. The minimum atomic E-state index is -0.0324. The van der Waals surface area contributed by atoms with Crippen molar-refractivity contribution in [2.45, 2.75) is 92.2 Å². The summed E-state index contributed by atoms with van der Waals surface area (Å²) in [6.07, 6.45) is 5.06. The minimum Gasteiger partial charge on any atom is -0.382 e. The molecule has 0 spiro atoms. The topological polar surface area (TPSA) is 46.9 Å². The fraction of sp³-hybridized carbons (Fsp3) is 0.652. The summed E-state index contributed by atoms with van der Waals surface area (Å²) in [6, 6.07) is 4.97. The summed E-state index contributed by atoms with van der Waals surface area (Å²) in [4.78, 5) is 12.4. The molecule has 0 radical (unpaired) electrons. The van der Waals surface area contributed by atoms with Crippen LogP contribution in [0.15, 0.2) is 12.1 Å². The van der Waals surface area contributed by atoms with Crippen molar-refractivity contribution in [2.24, 2.45) is 5.41 Å². The fourth-order valence-electron chi connectivity index (χ4n) is 4.10. The molecule has 1 N–H and O–H groups in total.